The Kier molecular flexibility index (Phi) is 43.0. The maximum atomic E-state index is 12.4. The minimum Gasteiger partial charge on any atom is -0.394 e. The van der Waals surface area contributed by atoms with Crippen LogP contribution in [-0.2, 0) is 4.79 Å². The third-order valence-corrected chi connectivity index (χ3v) is 9.49. The van der Waals surface area contributed by atoms with Crippen molar-refractivity contribution in [3.8, 4) is 0 Å². The fourth-order valence-electron chi connectivity index (χ4n) is 6.05. The molecule has 0 aromatic carbocycles. The molecule has 0 saturated carbocycles. The molecule has 0 aromatic heterocycles. The van der Waals surface area contributed by atoms with Gasteiger partial charge in [0.1, 0.15) is 0 Å². The van der Waals surface area contributed by atoms with Crippen LogP contribution in [0.2, 0.25) is 0 Å². The molecule has 3 N–H and O–H groups in total. The number of nitrogens with one attached hydrogen (secondary N) is 1. The zero-order valence-electron chi connectivity index (χ0n) is 35.6. The first-order valence-electron chi connectivity index (χ1n) is 22.6. The Balaban J connectivity index is 3.65. The van der Waals surface area contributed by atoms with Gasteiger partial charge in [0.25, 0.3) is 0 Å². The lowest BCUT2D eigenvalue weighted by Gasteiger charge is -2.19. The standard InChI is InChI=1S/C51H85NO3/c1-3-5-7-9-11-13-15-17-18-19-20-21-22-23-24-25-26-27-28-29-30-31-32-33-34-35-37-39-41-43-45-47-51(55)52-49(48-53)50(54)46-44-42-40-38-36-16-14-12-10-8-6-4-2/h5,7,11,13,17-18,20-21,23-24,26-27,29-30,36,38,44,46,49-50,53-54H,3-4,6,8-10,12,14-16,19,22,25,28,31-35,37,39-43,45,47-48H2,1-2H3,(H,52,55)/b7-5-,13-11-,18-17-,21-20-,24-23-,27-26-,30-29-,38-36+,46-44+. The summed E-state index contributed by atoms with van der Waals surface area (Å²) in [5, 5.41) is 22.9. The molecule has 0 bridgehead atoms. The molecule has 55 heavy (non-hydrogen) atoms. The fraction of sp³-hybridized carbons (Fsp3) is 0.627. The number of rotatable bonds is 39. The molecule has 0 radical (unpaired) electrons. The number of aliphatic hydroxyl groups is 2. The number of hydrogen-bond acceptors (Lipinski definition) is 3. The van der Waals surface area contributed by atoms with Gasteiger partial charge in [0, 0.05) is 6.42 Å². The maximum Gasteiger partial charge on any atom is 0.220 e. The van der Waals surface area contributed by atoms with Crippen LogP contribution < -0.4 is 5.32 Å². The highest BCUT2D eigenvalue weighted by molar-refractivity contribution is 5.76. The van der Waals surface area contributed by atoms with Crippen molar-refractivity contribution in [2.75, 3.05) is 6.61 Å². The number of allylic oxidation sites excluding steroid dienone is 17. The first-order valence-corrected chi connectivity index (χ1v) is 22.6. The van der Waals surface area contributed by atoms with Crippen molar-refractivity contribution in [3.05, 3.63) is 109 Å². The summed E-state index contributed by atoms with van der Waals surface area (Å²) in [7, 11) is 0. The highest BCUT2D eigenvalue weighted by Gasteiger charge is 2.17. The van der Waals surface area contributed by atoms with Crippen LogP contribution in [0.5, 0.6) is 0 Å². The molecule has 0 heterocycles. The lowest BCUT2D eigenvalue weighted by Crippen LogP contribution is -2.45. The minimum atomic E-state index is -0.870. The lowest BCUT2D eigenvalue weighted by atomic mass is 10.1. The smallest absolute Gasteiger partial charge is 0.220 e. The topological polar surface area (TPSA) is 69.6 Å². The van der Waals surface area contributed by atoms with Gasteiger partial charge >= 0.3 is 0 Å². The van der Waals surface area contributed by atoms with Crippen molar-refractivity contribution in [1.29, 1.82) is 0 Å². The summed E-state index contributed by atoms with van der Waals surface area (Å²) in [6.07, 6.45) is 69.1. The van der Waals surface area contributed by atoms with Gasteiger partial charge in [0.2, 0.25) is 5.91 Å². The quantitative estimate of drug-likeness (QED) is 0.0432. The fourth-order valence-corrected chi connectivity index (χ4v) is 6.05. The van der Waals surface area contributed by atoms with Gasteiger partial charge in [0.05, 0.1) is 18.8 Å². The Labute approximate surface area is 340 Å². The Hall–Kier alpha value is -2.95. The molecule has 2 unspecified atom stereocenters. The summed E-state index contributed by atoms with van der Waals surface area (Å²) in [4.78, 5) is 12.4. The monoisotopic (exact) mass is 760 g/mol. The number of hydrogen-bond donors (Lipinski definition) is 3. The van der Waals surface area contributed by atoms with Gasteiger partial charge in [-0.3, -0.25) is 4.79 Å². The molecule has 4 nitrogen and oxygen atoms in total. The first kappa shape index (κ1) is 52.0. The van der Waals surface area contributed by atoms with E-state index in [9.17, 15) is 15.0 Å². The highest BCUT2D eigenvalue weighted by Crippen LogP contribution is 2.12. The van der Waals surface area contributed by atoms with Gasteiger partial charge in [0.15, 0.2) is 0 Å². The van der Waals surface area contributed by atoms with E-state index in [0.717, 1.165) is 83.5 Å². The van der Waals surface area contributed by atoms with Gasteiger partial charge in [-0.1, -0.05) is 200 Å². The largest absolute Gasteiger partial charge is 0.394 e. The molecule has 2 atom stereocenters. The summed E-state index contributed by atoms with van der Waals surface area (Å²) in [5.74, 6) is -0.0875. The second-order valence-corrected chi connectivity index (χ2v) is 14.7. The first-order chi connectivity index (χ1) is 27.2. The van der Waals surface area contributed by atoms with Crippen LogP contribution in [0.4, 0.5) is 0 Å². The van der Waals surface area contributed by atoms with Crippen LogP contribution in [0.1, 0.15) is 187 Å². The average Bonchev–Trinajstić information content (AvgIpc) is 3.19. The zero-order valence-corrected chi connectivity index (χ0v) is 35.6. The molecule has 0 aliphatic carbocycles. The molecule has 0 aliphatic heterocycles. The van der Waals surface area contributed by atoms with Gasteiger partial charge < -0.3 is 15.5 Å². The summed E-state index contributed by atoms with van der Waals surface area (Å²) in [6, 6.07) is -0.648. The van der Waals surface area contributed by atoms with Gasteiger partial charge in [-0.15, -0.1) is 0 Å². The van der Waals surface area contributed by atoms with Crippen LogP contribution in [-0.4, -0.2) is 34.9 Å². The van der Waals surface area contributed by atoms with Crippen molar-refractivity contribution >= 4 is 5.91 Å². The number of unbranched alkanes of at least 4 members (excludes halogenated alkanes) is 16. The Morgan fingerprint density at radius 3 is 1.27 bits per heavy atom. The molecular weight excluding hydrogens is 675 g/mol. The third kappa shape index (κ3) is 42.0. The summed E-state index contributed by atoms with van der Waals surface area (Å²) >= 11 is 0. The molecule has 312 valence electrons. The van der Waals surface area contributed by atoms with Gasteiger partial charge in [-0.2, -0.15) is 0 Å². The van der Waals surface area contributed by atoms with Crippen molar-refractivity contribution in [3.63, 3.8) is 0 Å². The SMILES string of the molecule is CC/C=C\C/C=C\C/C=C\C/C=C\C/C=C\C/C=C\C/C=C\CCCCCCCCCCCC(=O)NC(CO)C(O)/C=C/CC/C=C/CCCCCCCC. The molecular formula is C51H85NO3. The molecule has 0 aromatic rings. The van der Waals surface area contributed by atoms with Crippen molar-refractivity contribution < 1.29 is 15.0 Å². The van der Waals surface area contributed by atoms with E-state index in [2.05, 4.69) is 116 Å². The van der Waals surface area contributed by atoms with Crippen molar-refractivity contribution in [1.82, 2.24) is 5.32 Å². The third-order valence-electron chi connectivity index (χ3n) is 9.49. The van der Waals surface area contributed by atoms with Crippen LogP contribution in [0, 0.1) is 0 Å². The normalized spacial score (nSPS) is 14.0. The predicted molar refractivity (Wildman–Crippen MR) is 243 cm³/mol. The molecule has 0 aliphatic rings. The zero-order chi connectivity index (χ0) is 40.0. The van der Waals surface area contributed by atoms with Gasteiger partial charge in [-0.05, 0) is 89.9 Å². The molecule has 0 spiro atoms. The number of carbonyl (C=O) groups excluding carboxylic acids is 1. The highest BCUT2D eigenvalue weighted by atomic mass is 16.3. The van der Waals surface area contributed by atoms with Crippen molar-refractivity contribution in [2.45, 2.75) is 199 Å². The van der Waals surface area contributed by atoms with E-state index in [1.54, 1.807) is 6.08 Å². The Morgan fingerprint density at radius 2 is 0.818 bits per heavy atom. The molecule has 1 amide bonds. The van der Waals surface area contributed by atoms with Gasteiger partial charge in [-0.25, -0.2) is 0 Å². The van der Waals surface area contributed by atoms with E-state index >= 15 is 0 Å². The molecule has 0 rings (SSSR count). The minimum absolute atomic E-state index is 0.0875. The van der Waals surface area contributed by atoms with E-state index in [4.69, 9.17) is 0 Å². The summed E-state index contributed by atoms with van der Waals surface area (Å²) in [5.41, 5.74) is 0. The average molecular weight is 760 g/mol. The summed E-state index contributed by atoms with van der Waals surface area (Å²) in [6.45, 7) is 4.14. The second-order valence-electron chi connectivity index (χ2n) is 14.7. The van der Waals surface area contributed by atoms with E-state index in [0.29, 0.717) is 6.42 Å². The molecule has 0 fully saturated rings. The number of amides is 1. The predicted octanol–water partition coefficient (Wildman–Crippen LogP) is 14.4. The van der Waals surface area contributed by atoms with E-state index in [-0.39, 0.29) is 12.5 Å². The van der Waals surface area contributed by atoms with Crippen LogP contribution in [0.25, 0.3) is 0 Å². The lowest BCUT2D eigenvalue weighted by molar-refractivity contribution is -0.123. The molecule has 4 heteroatoms. The second kappa shape index (κ2) is 45.4. The Morgan fingerprint density at radius 1 is 0.455 bits per heavy atom. The van der Waals surface area contributed by atoms with E-state index in [1.807, 2.05) is 6.08 Å². The van der Waals surface area contributed by atoms with Crippen LogP contribution in [0.3, 0.4) is 0 Å². The van der Waals surface area contributed by atoms with Crippen LogP contribution >= 0.6 is 0 Å². The van der Waals surface area contributed by atoms with E-state index in [1.165, 1.54) is 83.5 Å². The number of carbonyl (C=O) groups is 1. The summed E-state index contributed by atoms with van der Waals surface area (Å²) < 4.78 is 0. The Bertz CT molecular complexity index is 1090. The maximum absolute atomic E-state index is 12.4. The number of aliphatic hydroxyl groups excluding tert-OH is 2. The van der Waals surface area contributed by atoms with Crippen molar-refractivity contribution in [2.24, 2.45) is 0 Å². The van der Waals surface area contributed by atoms with E-state index < -0.39 is 12.1 Å². The molecule has 0 saturated heterocycles. The van der Waals surface area contributed by atoms with Crippen LogP contribution in [0.15, 0.2) is 109 Å².